The van der Waals surface area contributed by atoms with Crippen molar-refractivity contribution < 1.29 is 9.45 Å². The summed E-state index contributed by atoms with van der Waals surface area (Å²) in [6.45, 7) is 5.59. The van der Waals surface area contributed by atoms with Crippen LogP contribution >= 0.6 is 0 Å². The largest absolute Gasteiger partial charge is 0.361 e. The minimum absolute atomic E-state index is 0.0323. The summed E-state index contributed by atoms with van der Waals surface area (Å²) in [4.78, 5) is 18.3. The molecule has 2 N–H and O–H groups in total. The minimum Gasteiger partial charge on any atom is -0.361 e. The molecule has 0 radical (unpaired) electrons. The predicted octanol–water partition coefficient (Wildman–Crippen LogP) is 2.02. The van der Waals surface area contributed by atoms with Gasteiger partial charge in [-0.1, -0.05) is 11.2 Å². The Bertz CT molecular complexity index is 639. The molecule has 9 heteroatoms. The standard InChI is InChI=1S/C11H12N6O3/c1-3-4-12-10-9(17(18)19)11(14-6-13-10)15-8-5-7(2)20-16-8/h3,5-6H,1,4H2,2H3,(H2,12,13,14,15,16). The Morgan fingerprint density at radius 3 is 2.85 bits per heavy atom. The van der Waals surface area contributed by atoms with Crippen molar-refractivity contribution in [2.24, 2.45) is 0 Å². The monoisotopic (exact) mass is 276 g/mol. The molecule has 0 aliphatic carbocycles. The Labute approximate surface area is 113 Å². The van der Waals surface area contributed by atoms with Crippen molar-refractivity contribution in [2.45, 2.75) is 6.92 Å². The van der Waals surface area contributed by atoms with Crippen molar-refractivity contribution in [1.29, 1.82) is 0 Å². The minimum atomic E-state index is -0.569. The zero-order valence-electron chi connectivity index (χ0n) is 10.7. The lowest BCUT2D eigenvalue weighted by molar-refractivity contribution is -0.383. The van der Waals surface area contributed by atoms with Gasteiger partial charge >= 0.3 is 5.69 Å². The number of rotatable bonds is 6. The van der Waals surface area contributed by atoms with Crippen LogP contribution in [0.2, 0.25) is 0 Å². The van der Waals surface area contributed by atoms with Gasteiger partial charge in [-0.05, 0) is 6.92 Å². The van der Waals surface area contributed by atoms with Gasteiger partial charge in [0.1, 0.15) is 12.1 Å². The highest BCUT2D eigenvalue weighted by atomic mass is 16.6. The SMILES string of the molecule is C=CCNc1ncnc(Nc2cc(C)on2)c1[N+](=O)[O-]. The van der Waals surface area contributed by atoms with Crippen molar-refractivity contribution in [3.8, 4) is 0 Å². The summed E-state index contributed by atoms with van der Waals surface area (Å²) in [7, 11) is 0. The molecule has 2 aromatic rings. The molecule has 2 rings (SSSR count). The fourth-order valence-corrected chi connectivity index (χ4v) is 1.49. The summed E-state index contributed by atoms with van der Waals surface area (Å²) in [6.07, 6.45) is 2.79. The van der Waals surface area contributed by atoms with Crippen LogP contribution < -0.4 is 10.6 Å². The van der Waals surface area contributed by atoms with E-state index in [0.29, 0.717) is 18.1 Å². The maximum atomic E-state index is 11.2. The molecule has 0 aromatic carbocycles. The van der Waals surface area contributed by atoms with Gasteiger partial charge < -0.3 is 15.2 Å². The van der Waals surface area contributed by atoms with Gasteiger partial charge in [-0.15, -0.1) is 6.58 Å². The van der Waals surface area contributed by atoms with Crippen LogP contribution in [0.5, 0.6) is 0 Å². The van der Waals surface area contributed by atoms with E-state index in [0.717, 1.165) is 0 Å². The Morgan fingerprint density at radius 1 is 1.50 bits per heavy atom. The van der Waals surface area contributed by atoms with Crippen molar-refractivity contribution in [2.75, 3.05) is 17.2 Å². The molecule has 0 saturated heterocycles. The third-order valence-electron chi connectivity index (χ3n) is 2.29. The molecule has 104 valence electrons. The van der Waals surface area contributed by atoms with E-state index in [-0.39, 0.29) is 17.3 Å². The molecule has 2 heterocycles. The Balaban J connectivity index is 2.36. The summed E-state index contributed by atoms with van der Waals surface area (Å²) in [5.41, 5.74) is -0.269. The van der Waals surface area contributed by atoms with Crippen LogP contribution in [-0.2, 0) is 0 Å². The van der Waals surface area contributed by atoms with Crippen LogP contribution in [0.25, 0.3) is 0 Å². The van der Waals surface area contributed by atoms with E-state index in [1.54, 1.807) is 19.1 Å². The summed E-state index contributed by atoms with van der Waals surface area (Å²) in [5, 5.41) is 20.4. The van der Waals surface area contributed by atoms with E-state index in [9.17, 15) is 10.1 Å². The molecule has 0 aliphatic heterocycles. The van der Waals surface area contributed by atoms with Crippen LogP contribution in [0, 0.1) is 17.0 Å². The van der Waals surface area contributed by atoms with Crippen molar-refractivity contribution in [3.05, 3.63) is 40.9 Å². The molecule has 0 saturated carbocycles. The Kier molecular flexibility index (Phi) is 3.89. The molecule has 9 nitrogen and oxygen atoms in total. The van der Waals surface area contributed by atoms with Crippen LogP contribution in [0.1, 0.15) is 5.76 Å². The van der Waals surface area contributed by atoms with Crippen LogP contribution in [-0.4, -0.2) is 26.6 Å². The first-order valence-electron chi connectivity index (χ1n) is 5.66. The number of nitrogens with one attached hydrogen (secondary N) is 2. The Hall–Kier alpha value is -2.97. The molecular formula is C11H12N6O3. The maximum absolute atomic E-state index is 11.2. The predicted molar refractivity (Wildman–Crippen MR) is 71.9 cm³/mol. The molecule has 0 fully saturated rings. The van der Waals surface area contributed by atoms with Crippen molar-refractivity contribution >= 4 is 23.1 Å². The second-order valence-electron chi connectivity index (χ2n) is 3.79. The summed E-state index contributed by atoms with van der Waals surface area (Å²) in [6, 6.07) is 1.60. The van der Waals surface area contributed by atoms with Gasteiger partial charge in [-0.25, -0.2) is 9.97 Å². The topological polar surface area (TPSA) is 119 Å². The first kappa shape index (κ1) is 13.5. The highest BCUT2D eigenvalue weighted by molar-refractivity contribution is 5.72. The van der Waals surface area contributed by atoms with Gasteiger partial charge in [0.25, 0.3) is 0 Å². The lowest BCUT2D eigenvalue weighted by Crippen LogP contribution is -2.08. The van der Waals surface area contributed by atoms with E-state index < -0.39 is 4.92 Å². The second kappa shape index (κ2) is 5.78. The van der Waals surface area contributed by atoms with Crippen molar-refractivity contribution in [3.63, 3.8) is 0 Å². The number of hydrogen-bond donors (Lipinski definition) is 2. The summed E-state index contributed by atoms with van der Waals surface area (Å²) >= 11 is 0. The molecule has 0 bridgehead atoms. The van der Waals surface area contributed by atoms with Gasteiger partial charge in [-0.2, -0.15) is 0 Å². The fourth-order valence-electron chi connectivity index (χ4n) is 1.49. The smallest absolute Gasteiger partial charge is 0.353 e. The second-order valence-corrected chi connectivity index (χ2v) is 3.79. The number of hydrogen-bond acceptors (Lipinski definition) is 8. The van der Waals surface area contributed by atoms with Crippen LogP contribution in [0.15, 0.2) is 29.6 Å². The lowest BCUT2D eigenvalue weighted by Gasteiger charge is -2.07. The van der Waals surface area contributed by atoms with E-state index in [4.69, 9.17) is 4.52 Å². The van der Waals surface area contributed by atoms with Crippen LogP contribution in [0.3, 0.4) is 0 Å². The number of aryl methyl sites for hydroxylation is 1. The highest BCUT2D eigenvalue weighted by Gasteiger charge is 2.23. The zero-order chi connectivity index (χ0) is 14.5. The van der Waals surface area contributed by atoms with E-state index >= 15 is 0 Å². The zero-order valence-corrected chi connectivity index (χ0v) is 10.7. The molecule has 0 atom stereocenters. The Morgan fingerprint density at radius 2 is 2.25 bits per heavy atom. The molecule has 0 aliphatic rings. The molecule has 0 amide bonds. The fraction of sp³-hybridized carbons (Fsp3) is 0.182. The third kappa shape index (κ3) is 2.88. The third-order valence-corrected chi connectivity index (χ3v) is 2.29. The molecule has 0 unspecified atom stereocenters. The van der Waals surface area contributed by atoms with E-state index in [2.05, 4.69) is 32.3 Å². The van der Waals surface area contributed by atoms with Gasteiger partial charge in [0.15, 0.2) is 5.82 Å². The maximum Gasteiger partial charge on any atom is 0.353 e. The quantitative estimate of drug-likeness (QED) is 0.467. The van der Waals surface area contributed by atoms with Crippen molar-refractivity contribution in [1.82, 2.24) is 15.1 Å². The van der Waals surface area contributed by atoms with Gasteiger partial charge in [0, 0.05) is 12.6 Å². The number of anilines is 3. The van der Waals surface area contributed by atoms with E-state index in [1.807, 2.05) is 0 Å². The van der Waals surface area contributed by atoms with Gasteiger partial charge in [-0.3, -0.25) is 10.1 Å². The molecule has 20 heavy (non-hydrogen) atoms. The molecule has 0 spiro atoms. The average Bonchev–Trinajstić information content (AvgIpc) is 2.81. The van der Waals surface area contributed by atoms with Gasteiger partial charge in [0.05, 0.1) is 4.92 Å². The number of nitrogens with zero attached hydrogens (tertiary/aromatic N) is 4. The first-order valence-corrected chi connectivity index (χ1v) is 5.66. The number of aromatic nitrogens is 3. The normalized spacial score (nSPS) is 10.1. The number of nitro groups is 1. The average molecular weight is 276 g/mol. The molecular weight excluding hydrogens is 264 g/mol. The lowest BCUT2D eigenvalue weighted by atomic mass is 10.4. The summed E-state index contributed by atoms with van der Waals surface area (Å²) < 4.78 is 4.88. The van der Waals surface area contributed by atoms with E-state index in [1.165, 1.54) is 6.33 Å². The summed E-state index contributed by atoms with van der Waals surface area (Å²) in [5.74, 6) is 1.05. The van der Waals surface area contributed by atoms with Crippen LogP contribution in [0.4, 0.5) is 23.1 Å². The highest BCUT2D eigenvalue weighted by Crippen LogP contribution is 2.30. The molecule has 2 aromatic heterocycles. The van der Waals surface area contributed by atoms with Gasteiger partial charge in [0.2, 0.25) is 11.6 Å². The first-order chi connectivity index (χ1) is 9.61.